The van der Waals surface area contributed by atoms with Crippen molar-refractivity contribution in [3.63, 3.8) is 0 Å². The molecule has 4 nitrogen and oxygen atoms in total. The van der Waals surface area contributed by atoms with Gasteiger partial charge in [-0.25, -0.2) is 5.06 Å². The molecule has 1 amide bonds. The Balaban J connectivity index is 2.46. The summed E-state index contributed by atoms with van der Waals surface area (Å²) in [6.45, 7) is 10.0. The average molecular weight is 384 g/mol. The number of carbonyl (C=O) groups is 1. The van der Waals surface area contributed by atoms with Crippen LogP contribution in [-0.4, -0.2) is 39.5 Å². The van der Waals surface area contributed by atoms with Gasteiger partial charge in [0.25, 0.3) is 14.2 Å². The van der Waals surface area contributed by atoms with Gasteiger partial charge in [-0.2, -0.15) is 0 Å². The first-order valence-electron chi connectivity index (χ1n) is 9.07. The van der Waals surface area contributed by atoms with Crippen LogP contribution in [0.1, 0.15) is 13.8 Å². The molecule has 2 aromatic carbocycles. The van der Waals surface area contributed by atoms with Crippen molar-refractivity contribution in [2.75, 3.05) is 14.2 Å². The van der Waals surface area contributed by atoms with Gasteiger partial charge in [0.05, 0.1) is 19.1 Å². The van der Waals surface area contributed by atoms with E-state index in [1.807, 2.05) is 50.2 Å². The van der Waals surface area contributed by atoms with Crippen LogP contribution < -0.4 is 10.4 Å². The second-order valence-electron chi connectivity index (χ2n) is 6.96. The normalized spacial score (nSPS) is 13.7. The molecule has 0 saturated heterocycles. The maximum atomic E-state index is 12.7. The van der Waals surface area contributed by atoms with Crippen molar-refractivity contribution in [2.24, 2.45) is 5.92 Å². The highest BCUT2D eigenvalue weighted by molar-refractivity contribution is 6.96. The quantitative estimate of drug-likeness (QED) is 0.400. The van der Waals surface area contributed by atoms with Gasteiger partial charge in [0.15, 0.2) is 0 Å². The summed E-state index contributed by atoms with van der Waals surface area (Å²) in [6, 6.07) is 20.5. The molecular formula is C22H29NO3Si. The van der Waals surface area contributed by atoms with Gasteiger partial charge in [-0.3, -0.25) is 9.63 Å². The van der Waals surface area contributed by atoms with Gasteiger partial charge < -0.3 is 4.43 Å². The maximum absolute atomic E-state index is 12.7. The zero-order chi connectivity index (χ0) is 20.0. The van der Waals surface area contributed by atoms with Crippen LogP contribution >= 0.6 is 0 Å². The van der Waals surface area contributed by atoms with Gasteiger partial charge >= 0.3 is 0 Å². The SMILES string of the molecule is C=C(C)[C@H](O[Si](C)(c1ccccc1)c1ccccc1)[C@@H](C)C(=O)N(C)OC. The average Bonchev–Trinajstić information content (AvgIpc) is 2.71. The van der Waals surface area contributed by atoms with Gasteiger partial charge in [-0.15, -0.1) is 0 Å². The summed E-state index contributed by atoms with van der Waals surface area (Å²) in [6.07, 6.45) is -0.410. The van der Waals surface area contributed by atoms with E-state index in [2.05, 4.69) is 37.4 Å². The molecule has 0 N–H and O–H groups in total. The Morgan fingerprint density at radius 2 is 1.48 bits per heavy atom. The lowest BCUT2D eigenvalue weighted by Gasteiger charge is -2.36. The molecule has 5 heteroatoms. The summed E-state index contributed by atoms with van der Waals surface area (Å²) in [5, 5.41) is 3.55. The van der Waals surface area contributed by atoms with Gasteiger partial charge in [0, 0.05) is 7.05 Å². The molecule has 0 fully saturated rings. The summed E-state index contributed by atoms with van der Waals surface area (Å²) in [5.41, 5.74) is 0.825. The van der Waals surface area contributed by atoms with E-state index < -0.39 is 20.3 Å². The molecule has 2 atom stereocenters. The van der Waals surface area contributed by atoms with Crippen LogP contribution in [-0.2, 0) is 14.1 Å². The molecule has 144 valence electrons. The standard InChI is InChI=1S/C22H29NO3Si/c1-17(2)21(18(3)22(24)23(4)25-5)26-27(6,19-13-9-7-10-14-19)20-15-11-8-12-16-20/h7-16,18,21H,1H2,2-6H3/t18-,21+/m1/s1. The molecule has 0 spiro atoms. The number of carbonyl (C=O) groups excluding carboxylic acids is 1. The number of hydrogen-bond acceptors (Lipinski definition) is 3. The summed E-state index contributed by atoms with van der Waals surface area (Å²) in [7, 11) is 0.537. The molecule has 0 heterocycles. The third-order valence-electron chi connectivity index (χ3n) is 4.93. The lowest BCUT2D eigenvalue weighted by molar-refractivity contribution is -0.175. The highest BCUT2D eigenvalue weighted by atomic mass is 28.4. The third-order valence-corrected chi connectivity index (χ3v) is 8.52. The molecule has 0 aliphatic heterocycles. The van der Waals surface area contributed by atoms with Crippen molar-refractivity contribution in [3.05, 3.63) is 72.8 Å². The summed E-state index contributed by atoms with van der Waals surface area (Å²) in [4.78, 5) is 17.7. The number of rotatable bonds is 8. The Labute approximate surface area is 163 Å². The highest BCUT2D eigenvalue weighted by Gasteiger charge is 2.40. The van der Waals surface area contributed by atoms with Crippen molar-refractivity contribution in [2.45, 2.75) is 26.5 Å². The predicted octanol–water partition coefficient (Wildman–Crippen LogP) is 2.99. The summed E-state index contributed by atoms with van der Waals surface area (Å²) < 4.78 is 6.79. The van der Waals surface area contributed by atoms with Gasteiger partial charge in [-0.1, -0.05) is 79.7 Å². The molecule has 2 rings (SSSR count). The van der Waals surface area contributed by atoms with Crippen LogP contribution in [0, 0.1) is 5.92 Å². The van der Waals surface area contributed by atoms with E-state index in [0.717, 1.165) is 15.9 Å². The zero-order valence-corrected chi connectivity index (χ0v) is 17.8. The fraction of sp³-hybridized carbons (Fsp3) is 0.318. The largest absolute Gasteiger partial charge is 0.401 e. The second kappa shape index (κ2) is 9.13. The topological polar surface area (TPSA) is 38.8 Å². The maximum Gasteiger partial charge on any atom is 0.253 e. The molecule has 0 aliphatic rings. The Bertz CT molecular complexity index is 724. The van der Waals surface area contributed by atoms with E-state index in [-0.39, 0.29) is 5.91 Å². The van der Waals surface area contributed by atoms with Crippen molar-refractivity contribution in [1.29, 1.82) is 0 Å². The van der Waals surface area contributed by atoms with E-state index in [4.69, 9.17) is 9.26 Å². The number of amides is 1. The molecule has 0 bridgehead atoms. The van der Waals surface area contributed by atoms with Crippen LogP contribution in [0.2, 0.25) is 6.55 Å². The smallest absolute Gasteiger partial charge is 0.253 e. The van der Waals surface area contributed by atoms with E-state index in [1.54, 1.807) is 7.05 Å². The molecule has 0 radical (unpaired) electrons. The Hall–Kier alpha value is -2.21. The number of benzene rings is 2. The number of hydrogen-bond donors (Lipinski definition) is 0. The first-order valence-corrected chi connectivity index (χ1v) is 11.5. The molecule has 0 aliphatic carbocycles. The van der Waals surface area contributed by atoms with Crippen molar-refractivity contribution >= 4 is 24.6 Å². The van der Waals surface area contributed by atoms with Crippen molar-refractivity contribution in [3.8, 4) is 0 Å². The minimum absolute atomic E-state index is 0.136. The Morgan fingerprint density at radius 3 is 1.85 bits per heavy atom. The number of hydroxylamine groups is 2. The monoisotopic (exact) mass is 383 g/mol. The van der Waals surface area contributed by atoms with Gasteiger partial charge in [0.1, 0.15) is 0 Å². The third kappa shape index (κ3) is 4.74. The minimum Gasteiger partial charge on any atom is -0.401 e. The van der Waals surface area contributed by atoms with E-state index >= 15 is 0 Å². The Kier molecular flexibility index (Phi) is 7.13. The second-order valence-corrected chi connectivity index (χ2v) is 10.4. The first-order chi connectivity index (χ1) is 12.8. The van der Waals surface area contributed by atoms with Crippen LogP contribution in [0.15, 0.2) is 72.8 Å². The summed E-state index contributed by atoms with van der Waals surface area (Å²) >= 11 is 0. The van der Waals surface area contributed by atoms with Crippen LogP contribution in [0.5, 0.6) is 0 Å². The van der Waals surface area contributed by atoms with E-state index in [0.29, 0.717) is 0 Å². The van der Waals surface area contributed by atoms with E-state index in [1.165, 1.54) is 12.2 Å². The van der Waals surface area contributed by atoms with Gasteiger partial charge in [-0.05, 0) is 23.8 Å². The van der Waals surface area contributed by atoms with E-state index in [9.17, 15) is 4.79 Å². The summed E-state index contributed by atoms with van der Waals surface area (Å²) in [5.74, 6) is -0.547. The lowest BCUT2D eigenvalue weighted by atomic mass is 9.99. The van der Waals surface area contributed by atoms with Crippen LogP contribution in [0.3, 0.4) is 0 Å². The Morgan fingerprint density at radius 1 is 1.04 bits per heavy atom. The molecule has 0 saturated carbocycles. The molecule has 0 aromatic heterocycles. The first kappa shape index (κ1) is 21.1. The highest BCUT2D eigenvalue weighted by Crippen LogP contribution is 2.22. The molecular weight excluding hydrogens is 354 g/mol. The van der Waals surface area contributed by atoms with Crippen LogP contribution in [0.25, 0.3) is 0 Å². The molecule has 0 unspecified atom stereocenters. The lowest BCUT2D eigenvalue weighted by Crippen LogP contribution is -2.61. The zero-order valence-electron chi connectivity index (χ0n) is 16.8. The molecule has 2 aromatic rings. The van der Waals surface area contributed by atoms with Crippen molar-refractivity contribution in [1.82, 2.24) is 5.06 Å². The van der Waals surface area contributed by atoms with Crippen LogP contribution in [0.4, 0.5) is 0 Å². The minimum atomic E-state index is -2.55. The van der Waals surface area contributed by atoms with Gasteiger partial charge in [0.2, 0.25) is 0 Å². The van der Waals surface area contributed by atoms with Crippen molar-refractivity contribution < 1.29 is 14.1 Å². The fourth-order valence-electron chi connectivity index (χ4n) is 3.20. The molecule has 27 heavy (non-hydrogen) atoms. The number of nitrogens with zero attached hydrogens (tertiary/aromatic N) is 1. The fourth-order valence-corrected chi connectivity index (χ4v) is 6.38. The predicted molar refractivity (Wildman–Crippen MR) is 112 cm³/mol.